The molecule has 3 heterocycles. The number of carbonyl (C=O) groups excluding carboxylic acids is 1. The summed E-state index contributed by atoms with van der Waals surface area (Å²) in [6, 6.07) is 13.2. The number of carbonyl (C=O) groups is 1. The molecule has 1 aliphatic carbocycles. The van der Waals surface area contributed by atoms with Crippen LogP contribution in [0, 0.1) is 17.8 Å². The van der Waals surface area contributed by atoms with Crippen molar-refractivity contribution >= 4 is 33.2 Å². The molecule has 2 aromatic carbocycles. The molecule has 50 heavy (non-hydrogen) atoms. The number of hydrogen-bond donors (Lipinski definition) is 4. The molecule has 0 bridgehead atoms. The first-order valence-electron chi connectivity index (χ1n) is 17.9. The Morgan fingerprint density at radius 2 is 1.88 bits per heavy atom. The number of aliphatic imine (C=N–C) groups is 1. The van der Waals surface area contributed by atoms with Crippen molar-refractivity contribution in [3.05, 3.63) is 59.7 Å². The molecule has 13 heteroatoms. The number of aliphatic hydroxyl groups is 1. The standard InChI is InChI=1S/C37H50N4O8S/c1-24(2)21-41(50(45,46)27-13-14-31-29(18-27)30(35(43)39-31)20-38-19-26-11-7-4-8-12-26)22-33(42)32(17-25-9-5-3-6-10-25)40-37(44)49-34-23-48-36-28(34)15-16-47-36/h3,5-6,9-10,13-14,18,20,24,26,28,32-34,36,39,42-43H,4,7-8,11-12,15-17,19,21-23H2,1-2H3,(H,40,44)/t28-,32-,33+,34-,36+/m0/s1. The quantitative estimate of drug-likeness (QED) is 0.170. The third-order valence-electron chi connectivity index (χ3n) is 10.0. The fourth-order valence-corrected chi connectivity index (χ4v) is 8.96. The zero-order valence-electron chi connectivity index (χ0n) is 28.9. The van der Waals surface area contributed by atoms with Gasteiger partial charge >= 0.3 is 6.09 Å². The van der Waals surface area contributed by atoms with Crippen LogP contribution in [0.4, 0.5) is 4.79 Å². The van der Waals surface area contributed by atoms with Crippen LogP contribution in [0.5, 0.6) is 5.88 Å². The second-order valence-corrected chi connectivity index (χ2v) is 16.2. The molecule has 2 saturated heterocycles. The molecule has 3 aromatic rings. The minimum atomic E-state index is -4.13. The van der Waals surface area contributed by atoms with E-state index in [0.717, 1.165) is 24.8 Å². The van der Waals surface area contributed by atoms with Crippen molar-refractivity contribution in [3.8, 4) is 5.88 Å². The highest BCUT2D eigenvalue weighted by atomic mass is 32.2. The Bertz CT molecular complexity index is 1720. The number of benzene rings is 2. The highest BCUT2D eigenvalue weighted by Gasteiger charge is 2.44. The van der Waals surface area contributed by atoms with Gasteiger partial charge in [0.1, 0.15) is 6.10 Å². The number of aromatic hydroxyl groups is 1. The minimum absolute atomic E-state index is 0.0281. The first-order valence-corrected chi connectivity index (χ1v) is 19.3. The van der Waals surface area contributed by atoms with E-state index in [2.05, 4.69) is 15.3 Å². The maximum absolute atomic E-state index is 14.3. The number of rotatable bonds is 14. The number of fused-ring (bicyclic) bond motifs is 2. The third-order valence-corrected chi connectivity index (χ3v) is 11.8. The molecule has 0 spiro atoms. The second-order valence-electron chi connectivity index (χ2n) is 14.3. The molecular weight excluding hydrogens is 660 g/mol. The van der Waals surface area contributed by atoms with Crippen LogP contribution in [-0.2, 0) is 30.7 Å². The summed E-state index contributed by atoms with van der Waals surface area (Å²) in [5.74, 6) is 0.340. The molecule has 272 valence electrons. The average molecular weight is 711 g/mol. The first-order chi connectivity index (χ1) is 24.1. The summed E-state index contributed by atoms with van der Waals surface area (Å²) in [5.41, 5.74) is 1.89. The fraction of sp³-hybridized carbons (Fsp3) is 0.568. The van der Waals surface area contributed by atoms with Crippen LogP contribution >= 0.6 is 0 Å². The second kappa shape index (κ2) is 16.2. The van der Waals surface area contributed by atoms with Crippen molar-refractivity contribution in [2.45, 2.75) is 88.2 Å². The largest absolute Gasteiger partial charge is 0.494 e. The van der Waals surface area contributed by atoms with Crippen molar-refractivity contribution < 1.29 is 37.6 Å². The SMILES string of the molecule is CC(C)CN(C[C@@H](O)[C@H](Cc1ccccc1)NC(=O)O[C@H]1CO[C@H]2OCC[C@H]21)S(=O)(=O)c1ccc2[nH]c(O)c(C=NCC3CCCCC3)c2c1. The molecule has 0 radical (unpaired) electrons. The van der Waals surface area contributed by atoms with Gasteiger partial charge in [-0.3, -0.25) is 4.99 Å². The van der Waals surface area contributed by atoms with Crippen LogP contribution < -0.4 is 5.32 Å². The van der Waals surface area contributed by atoms with E-state index in [4.69, 9.17) is 14.2 Å². The highest BCUT2D eigenvalue weighted by molar-refractivity contribution is 7.89. The number of ether oxygens (including phenoxy) is 3. The van der Waals surface area contributed by atoms with Crippen molar-refractivity contribution in [2.75, 3.05) is 32.8 Å². The summed E-state index contributed by atoms with van der Waals surface area (Å²) >= 11 is 0. The Morgan fingerprint density at radius 3 is 2.64 bits per heavy atom. The molecule has 2 aliphatic heterocycles. The number of aliphatic hydroxyl groups excluding tert-OH is 1. The fourth-order valence-electron chi connectivity index (χ4n) is 7.32. The van der Waals surface area contributed by atoms with Gasteiger partial charge in [0, 0.05) is 36.8 Å². The first kappa shape index (κ1) is 36.3. The van der Waals surface area contributed by atoms with Crippen molar-refractivity contribution in [1.29, 1.82) is 0 Å². The zero-order chi connectivity index (χ0) is 35.3. The number of H-pyrrole nitrogens is 1. The van der Waals surface area contributed by atoms with E-state index in [1.165, 1.54) is 29.6 Å². The summed E-state index contributed by atoms with van der Waals surface area (Å²) in [7, 11) is -4.13. The van der Waals surface area contributed by atoms with E-state index in [9.17, 15) is 23.4 Å². The van der Waals surface area contributed by atoms with Gasteiger partial charge in [0.2, 0.25) is 10.0 Å². The number of amides is 1. The van der Waals surface area contributed by atoms with Gasteiger partial charge in [0.05, 0.1) is 41.7 Å². The van der Waals surface area contributed by atoms with Gasteiger partial charge < -0.3 is 34.7 Å². The van der Waals surface area contributed by atoms with E-state index in [1.807, 2.05) is 44.2 Å². The Morgan fingerprint density at radius 1 is 1.10 bits per heavy atom. The number of hydrogen-bond acceptors (Lipinski definition) is 9. The van der Waals surface area contributed by atoms with Crippen LogP contribution in [0.15, 0.2) is 58.4 Å². The zero-order valence-corrected chi connectivity index (χ0v) is 29.7. The maximum atomic E-state index is 14.3. The van der Waals surface area contributed by atoms with Crippen LogP contribution in [-0.4, -0.2) is 97.6 Å². The predicted octanol–water partition coefficient (Wildman–Crippen LogP) is 4.98. The molecule has 5 atom stereocenters. The Labute approximate surface area is 294 Å². The van der Waals surface area contributed by atoms with Crippen LogP contribution in [0.1, 0.15) is 63.5 Å². The molecular formula is C37H50N4O8S. The molecule has 3 aliphatic rings. The number of alkyl carbamates (subject to hydrolysis) is 1. The van der Waals surface area contributed by atoms with Gasteiger partial charge in [-0.05, 0) is 61.3 Å². The molecule has 0 unspecified atom stereocenters. The van der Waals surface area contributed by atoms with Gasteiger partial charge in [0.25, 0.3) is 0 Å². The lowest BCUT2D eigenvalue weighted by molar-refractivity contribution is -0.0907. The molecule has 4 N–H and O–H groups in total. The smallest absolute Gasteiger partial charge is 0.407 e. The number of aromatic nitrogens is 1. The van der Waals surface area contributed by atoms with Crippen molar-refractivity contribution in [3.63, 3.8) is 0 Å². The number of sulfonamides is 1. The highest BCUT2D eigenvalue weighted by Crippen LogP contribution is 2.33. The lowest BCUT2D eigenvalue weighted by atomic mass is 9.89. The lowest BCUT2D eigenvalue weighted by Crippen LogP contribution is -2.51. The normalized spacial score (nSPS) is 22.8. The summed E-state index contributed by atoms with van der Waals surface area (Å²) < 4.78 is 46.8. The van der Waals surface area contributed by atoms with Gasteiger partial charge in [-0.25, -0.2) is 13.2 Å². The van der Waals surface area contributed by atoms with Gasteiger partial charge in [-0.2, -0.15) is 4.31 Å². The summed E-state index contributed by atoms with van der Waals surface area (Å²) in [6.07, 6.45) is 5.74. The van der Waals surface area contributed by atoms with E-state index in [0.29, 0.717) is 35.5 Å². The Kier molecular flexibility index (Phi) is 11.8. The number of nitrogens with one attached hydrogen (secondary N) is 2. The van der Waals surface area contributed by atoms with Crippen LogP contribution in [0.25, 0.3) is 10.9 Å². The molecule has 1 saturated carbocycles. The summed E-state index contributed by atoms with van der Waals surface area (Å²) in [4.78, 5) is 20.8. The average Bonchev–Trinajstić information content (AvgIpc) is 3.80. The molecule has 1 aromatic heterocycles. The van der Waals surface area contributed by atoms with E-state index < -0.39 is 34.4 Å². The van der Waals surface area contributed by atoms with Crippen molar-refractivity contribution in [1.82, 2.24) is 14.6 Å². The minimum Gasteiger partial charge on any atom is -0.494 e. The van der Waals surface area contributed by atoms with Crippen molar-refractivity contribution in [2.24, 2.45) is 22.7 Å². The Balaban J connectivity index is 1.21. The molecule has 1 amide bonds. The van der Waals surface area contributed by atoms with Crippen LogP contribution in [0.3, 0.4) is 0 Å². The molecule has 12 nitrogen and oxygen atoms in total. The maximum Gasteiger partial charge on any atom is 0.407 e. The summed E-state index contributed by atoms with van der Waals surface area (Å²) in [6.45, 7) is 5.12. The monoisotopic (exact) mass is 710 g/mol. The van der Waals surface area contributed by atoms with E-state index in [1.54, 1.807) is 18.3 Å². The molecule has 6 rings (SSSR count). The topological polar surface area (TPSA) is 163 Å². The van der Waals surface area contributed by atoms with Gasteiger partial charge in [0.15, 0.2) is 12.2 Å². The number of nitrogens with zero attached hydrogens (tertiary/aromatic N) is 2. The van der Waals surface area contributed by atoms with Crippen LogP contribution in [0.2, 0.25) is 0 Å². The summed E-state index contributed by atoms with van der Waals surface area (Å²) in [5, 5.41) is 25.7. The van der Waals surface area contributed by atoms with Gasteiger partial charge in [-0.1, -0.05) is 63.4 Å². The lowest BCUT2D eigenvalue weighted by Gasteiger charge is -2.31. The number of aromatic amines is 1. The van der Waals surface area contributed by atoms with E-state index in [-0.39, 0.29) is 55.0 Å². The van der Waals surface area contributed by atoms with Gasteiger partial charge in [-0.15, -0.1) is 0 Å². The predicted molar refractivity (Wildman–Crippen MR) is 190 cm³/mol. The van der Waals surface area contributed by atoms with E-state index >= 15 is 0 Å². The Hall–Kier alpha value is -3.49. The molecule has 3 fully saturated rings. The third kappa shape index (κ3) is 8.68.